The molecule has 1 saturated carbocycles. The Morgan fingerprint density at radius 1 is 0.674 bits per heavy atom. The van der Waals surface area contributed by atoms with Gasteiger partial charge in [-0.3, -0.25) is 9.36 Å². The average Bonchev–Trinajstić information content (AvgIpc) is 3.43. The van der Waals surface area contributed by atoms with Gasteiger partial charge in [0.1, 0.15) is 29.9 Å². The van der Waals surface area contributed by atoms with Gasteiger partial charge in [-0.25, -0.2) is 0 Å². The number of hydrogen-bond donors (Lipinski definition) is 0. The minimum Gasteiger partial charge on any atom is -0.489 e. The number of ether oxygens (including phenoxy) is 2. The molecule has 1 aliphatic rings. The van der Waals surface area contributed by atoms with Gasteiger partial charge in [0, 0.05) is 12.3 Å². The lowest BCUT2D eigenvalue weighted by Gasteiger charge is -2.41. The van der Waals surface area contributed by atoms with Crippen LogP contribution >= 0.6 is 7.60 Å². The summed E-state index contributed by atoms with van der Waals surface area (Å²) in [4.78, 5) is 14.0. The van der Waals surface area contributed by atoms with E-state index in [-0.39, 0.29) is 19.0 Å². The molecule has 0 bridgehead atoms. The molecule has 1 atom stereocenters. The zero-order chi connectivity index (χ0) is 30.1. The Morgan fingerprint density at radius 2 is 1.12 bits per heavy atom. The molecule has 1 aliphatic carbocycles. The molecule has 43 heavy (non-hydrogen) atoms. The molecule has 0 heterocycles. The Hall–Kier alpha value is -3.70. The van der Waals surface area contributed by atoms with Crippen molar-refractivity contribution in [2.75, 3.05) is 13.2 Å². The van der Waals surface area contributed by atoms with Gasteiger partial charge in [-0.05, 0) is 73.2 Å². The van der Waals surface area contributed by atoms with E-state index in [0.717, 1.165) is 22.3 Å². The predicted octanol–water partition coefficient (Wildman–Crippen LogP) is 8.73. The molecule has 0 N–H and O–H groups in total. The van der Waals surface area contributed by atoms with Gasteiger partial charge < -0.3 is 18.5 Å². The molecule has 5 rings (SSSR count). The molecule has 0 saturated heterocycles. The van der Waals surface area contributed by atoms with Crippen molar-refractivity contribution in [3.8, 4) is 11.5 Å². The lowest BCUT2D eigenvalue weighted by Crippen LogP contribution is -2.42. The van der Waals surface area contributed by atoms with Gasteiger partial charge in [-0.15, -0.1) is 0 Å². The van der Waals surface area contributed by atoms with Crippen LogP contribution in [0.2, 0.25) is 0 Å². The molecule has 7 heteroatoms. The van der Waals surface area contributed by atoms with Gasteiger partial charge in [0.25, 0.3) is 0 Å². The van der Waals surface area contributed by atoms with Crippen LogP contribution in [0.15, 0.2) is 109 Å². The normalized spacial score (nSPS) is 16.9. The van der Waals surface area contributed by atoms with Gasteiger partial charge in [0.2, 0.25) is 0 Å². The second kappa shape index (κ2) is 14.2. The molecule has 4 aromatic rings. The first-order valence-electron chi connectivity index (χ1n) is 14.9. The minimum atomic E-state index is -3.88. The second-order valence-corrected chi connectivity index (χ2v) is 13.0. The number of carbonyl (C=O) groups excluding carboxylic acids is 1. The van der Waals surface area contributed by atoms with E-state index >= 15 is 0 Å². The topological polar surface area (TPSA) is 71.1 Å². The maximum atomic E-state index is 14.7. The van der Waals surface area contributed by atoms with Crippen LogP contribution in [-0.2, 0) is 31.6 Å². The van der Waals surface area contributed by atoms with Crippen molar-refractivity contribution >= 4 is 13.4 Å². The maximum absolute atomic E-state index is 14.7. The van der Waals surface area contributed by atoms with Crippen LogP contribution in [0.4, 0.5) is 0 Å². The average molecular weight is 599 g/mol. The number of hydrogen-bond acceptors (Lipinski definition) is 6. The summed E-state index contributed by atoms with van der Waals surface area (Å²) in [7, 11) is -3.88. The highest BCUT2D eigenvalue weighted by atomic mass is 31.2. The van der Waals surface area contributed by atoms with Crippen molar-refractivity contribution < 1.29 is 27.9 Å². The summed E-state index contributed by atoms with van der Waals surface area (Å²) in [5.41, 5.74) is 3.84. The molecule has 224 valence electrons. The Labute approximate surface area is 254 Å². The first kappa shape index (κ1) is 30.7. The third-order valence-corrected chi connectivity index (χ3v) is 10.8. The van der Waals surface area contributed by atoms with Gasteiger partial charge in [-0.1, -0.05) is 84.9 Å². The maximum Gasteiger partial charge on any atom is 0.345 e. The molecular formula is C36H39O6P. The van der Waals surface area contributed by atoms with Crippen LogP contribution in [-0.4, -0.2) is 24.2 Å². The Bertz CT molecular complexity index is 1410. The summed E-state index contributed by atoms with van der Waals surface area (Å²) in [6, 6.07) is 35.4. The lowest BCUT2D eigenvalue weighted by molar-refractivity contribution is -0.120. The van der Waals surface area contributed by atoms with Crippen LogP contribution in [0, 0.1) is 0 Å². The van der Waals surface area contributed by atoms with E-state index in [4.69, 9.17) is 18.5 Å². The third-order valence-electron chi connectivity index (χ3n) is 7.93. The standard InChI is InChI=1S/C36H39O6P/c1-3-41-43(38,42-4-2)36(25-11-16-34(36)37)35(30-17-21-32(22-18-30)39-26-28-12-7-5-8-13-28)31-19-23-33(24-20-31)40-27-29-14-9-6-10-15-29/h5-10,12-15,17-24,35H,3-4,11,16,25-27H2,1-2H3/t36-/m1/s1. The molecule has 0 aromatic heterocycles. The van der Waals surface area contributed by atoms with E-state index in [1.165, 1.54) is 0 Å². The first-order valence-corrected chi connectivity index (χ1v) is 16.5. The van der Waals surface area contributed by atoms with Crippen molar-refractivity contribution in [1.29, 1.82) is 0 Å². The monoisotopic (exact) mass is 598 g/mol. The summed E-state index contributed by atoms with van der Waals surface area (Å²) in [6.45, 7) is 4.81. The number of rotatable bonds is 14. The molecule has 6 nitrogen and oxygen atoms in total. The smallest absolute Gasteiger partial charge is 0.345 e. The minimum absolute atomic E-state index is 0.0865. The van der Waals surface area contributed by atoms with E-state index in [0.29, 0.717) is 44.0 Å². The summed E-state index contributed by atoms with van der Waals surface area (Å²) in [5.74, 6) is 0.774. The highest BCUT2D eigenvalue weighted by molar-refractivity contribution is 7.57. The molecular weight excluding hydrogens is 559 g/mol. The van der Waals surface area contributed by atoms with Crippen molar-refractivity contribution in [2.45, 2.75) is 57.4 Å². The van der Waals surface area contributed by atoms with E-state index in [9.17, 15) is 9.36 Å². The number of Topliss-reactive ketones (excluding diaryl/α,β-unsaturated/α-hetero) is 1. The summed E-state index contributed by atoms with van der Waals surface area (Å²) >= 11 is 0. The number of benzene rings is 4. The number of ketones is 1. The SMILES string of the molecule is CCOP(=O)(OCC)[C@]1(C(c2ccc(OCc3ccccc3)cc2)c2ccc(OCc3ccccc3)cc2)CCCC1=O. The van der Waals surface area contributed by atoms with Crippen molar-refractivity contribution in [1.82, 2.24) is 0 Å². The molecule has 4 aromatic carbocycles. The van der Waals surface area contributed by atoms with Crippen LogP contribution in [0.3, 0.4) is 0 Å². The zero-order valence-electron chi connectivity index (χ0n) is 24.8. The summed E-state index contributed by atoms with van der Waals surface area (Å²) in [5, 5.41) is -1.35. The quantitative estimate of drug-likeness (QED) is 0.135. The van der Waals surface area contributed by atoms with Gasteiger partial charge >= 0.3 is 7.60 Å². The largest absolute Gasteiger partial charge is 0.489 e. The van der Waals surface area contributed by atoms with Crippen molar-refractivity contribution in [2.24, 2.45) is 0 Å². The fraction of sp³-hybridized carbons (Fsp3) is 0.306. The Balaban J connectivity index is 1.51. The lowest BCUT2D eigenvalue weighted by atomic mass is 9.78. The second-order valence-electron chi connectivity index (χ2n) is 10.7. The van der Waals surface area contributed by atoms with Gasteiger partial charge in [0.15, 0.2) is 5.78 Å². The Morgan fingerprint density at radius 3 is 1.49 bits per heavy atom. The fourth-order valence-corrected chi connectivity index (χ4v) is 8.65. The highest BCUT2D eigenvalue weighted by Crippen LogP contribution is 2.70. The zero-order valence-corrected chi connectivity index (χ0v) is 25.7. The van der Waals surface area contributed by atoms with E-state index < -0.39 is 18.7 Å². The molecule has 0 unspecified atom stereocenters. The van der Waals surface area contributed by atoms with E-state index in [1.807, 2.05) is 109 Å². The molecule has 0 radical (unpaired) electrons. The van der Waals surface area contributed by atoms with Crippen LogP contribution in [0.25, 0.3) is 0 Å². The molecule has 0 aliphatic heterocycles. The highest BCUT2D eigenvalue weighted by Gasteiger charge is 2.63. The van der Waals surface area contributed by atoms with Crippen LogP contribution < -0.4 is 9.47 Å². The summed E-state index contributed by atoms with van der Waals surface area (Å²) < 4.78 is 38.6. The fourth-order valence-electron chi connectivity index (χ4n) is 5.97. The first-order chi connectivity index (χ1) is 21.0. The Kier molecular flexibility index (Phi) is 10.1. The van der Waals surface area contributed by atoms with E-state index in [2.05, 4.69) is 0 Å². The van der Waals surface area contributed by atoms with E-state index in [1.54, 1.807) is 13.8 Å². The third kappa shape index (κ3) is 6.78. The van der Waals surface area contributed by atoms with Gasteiger partial charge in [0.05, 0.1) is 13.2 Å². The van der Waals surface area contributed by atoms with Crippen molar-refractivity contribution in [3.63, 3.8) is 0 Å². The molecule has 1 fully saturated rings. The summed E-state index contributed by atoms with van der Waals surface area (Å²) in [6.07, 6.45) is 1.36. The van der Waals surface area contributed by atoms with Crippen molar-refractivity contribution in [3.05, 3.63) is 131 Å². The van der Waals surface area contributed by atoms with Crippen LogP contribution in [0.1, 0.15) is 61.3 Å². The van der Waals surface area contributed by atoms with Gasteiger partial charge in [-0.2, -0.15) is 0 Å². The van der Waals surface area contributed by atoms with Crippen LogP contribution in [0.5, 0.6) is 11.5 Å². The molecule has 0 amide bonds. The molecule has 0 spiro atoms. The predicted molar refractivity (Wildman–Crippen MR) is 169 cm³/mol. The number of carbonyl (C=O) groups is 1.